The molecule has 0 fully saturated rings. The SMILES string of the molecule is N#CCCN(CCc1ccccn1)C(=S)Nc1cc(C(F)(F)F)cc(C(F)(F)F)c1. The third-order valence-corrected chi connectivity index (χ3v) is 4.34. The van der Waals surface area contributed by atoms with Crippen molar-refractivity contribution in [1.82, 2.24) is 9.88 Å². The molecule has 1 aromatic heterocycles. The predicted molar refractivity (Wildman–Crippen MR) is 102 cm³/mol. The highest BCUT2D eigenvalue weighted by Crippen LogP contribution is 2.37. The Morgan fingerprint density at radius 3 is 2.17 bits per heavy atom. The molecule has 2 rings (SSSR count). The lowest BCUT2D eigenvalue weighted by Gasteiger charge is -2.25. The molecule has 0 amide bonds. The van der Waals surface area contributed by atoms with E-state index in [-0.39, 0.29) is 30.7 Å². The third kappa shape index (κ3) is 6.88. The van der Waals surface area contributed by atoms with Crippen LogP contribution >= 0.6 is 12.2 Å². The number of benzene rings is 1. The van der Waals surface area contributed by atoms with E-state index in [0.29, 0.717) is 18.6 Å². The molecule has 0 spiro atoms. The number of pyridine rings is 1. The molecule has 11 heteroatoms. The number of halogens is 6. The van der Waals surface area contributed by atoms with Crippen molar-refractivity contribution in [2.24, 2.45) is 0 Å². The largest absolute Gasteiger partial charge is 0.416 e. The normalized spacial score (nSPS) is 11.6. The van der Waals surface area contributed by atoms with Crippen LogP contribution in [0.5, 0.6) is 0 Å². The summed E-state index contributed by atoms with van der Waals surface area (Å²) in [6.07, 6.45) is -7.84. The third-order valence-electron chi connectivity index (χ3n) is 3.98. The maximum Gasteiger partial charge on any atom is 0.416 e. The summed E-state index contributed by atoms with van der Waals surface area (Å²) in [5.41, 5.74) is -2.61. The zero-order chi connectivity index (χ0) is 22.4. The first-order chi connectivity index (χ1) is 14.0. The average Bonchev–Trinajstić information content (AvgIpc) is 2.67. The summed E-state index contributed by atoms with van der Waals surface area (Å²) in [5.74, 6) is 0. The smallest absolute Gasteiger partial charge is 0.348 e. The predicted octanol–water partition coefficient (Wildman–Crippen LogP) is 5.27. The molecule has 0 radical (unpaired) electrons. The molecule has 0 saturated carbocycles. The Labute approximate surface area is 174 Å². The maximum atomic E-state index is 13.0. The zero-order valence-electron chi connectivity index (χ0n) is 15.4. The van der Waals surface area contributed by atoms with Crippen LogP contribution in [0.25, 0.3) is 0 Å². The van der Waals surface area contributed by atoms with Crippen molar-refractivity contribution in [3.8, 4) is 6.07 Å². The lowest BCUT2D eigenvalue weighted by Crippen LogP contribution is -2.37. The van der Waals surface area contributed by atoms with Gasteiger partial charge in [0.1, 0.15) is 0 Å². The average molecular weight is 446 g/mol. The Balaban J connectivity index is 2.23. The van der Waals surface area contributed by atoms with E-state index in [1.807, 2.05) is 6.07 Å². The summed E-state index contributed by atoms with van der Waals surface area (Å²) in [6, 6.07) is 8.37. The molecule has 1 aromatic carbocycles. The monoisotopic (exact) mass is 446 g/mol. The first kappa shape index (κ1) is 23.4. The Morgan fingerprint density at radius 2 is 1.67 bits per heavy atom. The van der Waals surface area contributed by atoms with Gasteiger partial charge in [-0.05, 0) is 42.5 Å². The first-order valence-electron chi connectivity index (χ1n) is 8.63. The number of anilines is 1. The van der Waals surface area contributed by atoms with Gasteiger partial charge < -0.3 is 10.2 Å². The molecule has 0 aliphatic rings. The lowest BCUT2D eigenvalue weighted by atomic mass is 10.1. The highest BCUT2D eigenvalue weighted by Gasteiger charge is 2.37. The van der Waals surface area contributed by atoms with Crippen molar-refractivity contribution >= 4 is 23.0 Å². The minimum absolute atomic E-state index is 0.0444. The molecule has 1 N–H and O–H groups in total. The molecule has 4 nitrogen and oxygen atoms in total. The quantitative estimate of drug-likeness (QED) is 0.484. The Hall–Kier alpha value is -2.87. The van der Waals surface area contributed by atoms with E-state index in [1.165, 1.54) is 4.90 Å². The fourth-order valence-corrected chi connectivity index (χ4v) is 2.83. The van der Waals surface area contributed by atoms with Crippen LogP contribution in [0.2, 0.25) is 0 Å². The number of aromatic nitrogens is 1. The zero-order valence-corrected chi connectivity index (χ0v) is 16.2. The molecule has 0 atom stereocenters. The maximum absolute atomic E-state index is 13.0. The molecule has 1 heterocycles. The van der Waals surface area contributed by atoms with Gasteiger partial charge in [0, 0.05) is 37.1 Å². The van der Waals surface area contributed by atoms with Gasteiger partial charge in [0.05, 0.1) is 23.6 Å². The van der Waals surface area contributed by atoms with Gasteiger partial charge in [0.25, 0.3) is 0 Å². The van der Waals surface area contributed by atoms with Gasteiger partial charge in [-0.1, -0.05) is 6.07 Å². The number of nitriles is 1. The molecule has 0 aliphatic heterocycles. The minimum Gasteiger partial charge on any atom is -0.348 e. The second kappa shape index (κ2) is 9.75. The Morgan fingerprint density at radius 1 is 1.03 bits per heavy atom. The number of alkyl halides is 6. The van der Waals surface area contributed by atoms with E-state index < -0.39 is 29.2 Å². The summed E-state index contributed by atoms with van der Waals surface area (Å²) in [7, 11) is 0. The minimum atomic E-state index is -4.96. The van der Waals surface area contributed by atoms with Gasteiger partial charge in [0.2, 0.25) is 0 Å². The highest BCUT2D eigenvalue weighted by atomic mass is 32.1. The summed E-state index contributed by atoms with van der Waals surface area (Å²) in [5, 5.41) is 11.2. The van der Waals surface area contributed by atoms with Crippen LogP contribution in [0.1, 0.15) is 23.2 Å². The summed E-state index contributed by atoms with van der Waals surface area (Å²) in [6.45, 7) is 0.426. The number of nitrogens with one attached hydrogen (secondary N) is 1. The first-order valence-corrected chi connectivity index (χ1v) is 9.04. The van der Waals surface area contributed by atoms with E-state index in [4.69, 9.17) is 17.5 Å². The molecule has 160 valence electrons. The van der Waals surface area contributed by atoms with Crippen molar-refractivity contribution in [3.05, 3.63) is 59.4 Å². The molecule has 0 unspecified atom stereocenters. The van der Waals surface area contributed by atoms with Crippen molar-refractivity contribution in [2.45, 2.75) is 25.2 Å². The van der Waals surface area contributed by atoms with Gasteiger partial charge in [0.15, 0.2) is 5.11 Å². The van der Waals surface area contributed by atoms with E-state index in [2.05, 4.69) is 10.3 Å². The number of nitrogens with zero attached hydrogens (tertiary/aromatic N) is 3. The van der Waals surface area contributed by atoms with Crippen molar-refractivity contribution < 1.29 is 26.3 Å². The number of rotatable bonds is 6. The van der Waals surface area contributed by atoms with Gasteiger partial charge in [-0.15, -0.1) is 0 Å². The van der Waals surface area contributed by atoms with E-state index in [1.54, 1.807) is 24.4 Å². The second-order valence-corrected chi connectivity index (χ2v) is 6.58. The molecule has 0 bridgehead atoms. The fourth-order valence-electron chi connectivity index (χ4n) is 2.52. The molecule has 0 saturated heterocycles. The fraction of sp³-hybridized carbons (Fsp3) is 0.316. The van der Waals surface area contributed by atoms with Gasteiger partial charge >= 0.3 is 12.4 Å². The van der Waals surface area contributed by atoms with Crippen LogP contribution in [-0.2, 0) is 18.8 Å². The highest BCUT2D eigenvalue weighted by molar-refractivity contribution is 7.80. The summed E-state index contributed by atoms with van der Waals surface area (Å²) >= 11 is 5.18. The summed E-state index contributed by atoms with van der Waals surface area (Å²) in [4.78, 5) is 5.65. The van der Waals surface area contributed by atoms with Crippen LogP contribution < -0.4 is 5.32 Å². The molecule has 30 heavy (non-hydrogen) atoms. The topological polar surface area (TPSA) is 52.0 Å². The van der Waals surface area contributed by atoms with E-state index in [0.717, 1.165) is 5.69 Å². The van der Waals surface area contributed by atoms with Crippen molar-refractivity contribution in [2.75, 3.05) is 18.4 Å². The van der Waals surface area contributed by atoms with Crippen LogP contribution in [0.4, 0.5) is 32.0 Å². The van der Waals surface area contributed by atoms with Gasteiger partial charge in [-0.25, -0.2) is 0 Å². The van der Waals surface area contributed by atoms with Crippen molar-refractivity contribution in [1.29, 1.82) is 5.26 Å². The molecular weight excluding hydrogens is 430 g/mol. The van der Waals surface area contributed by atoms with Crippen LogP contribution in [-0.4, -0.2) is 28.1 Å². The van der Waals surface area contributed by atoms with E-state index >= 15 is 0 Å². The van der Waals surface area contributed by atoms with Crippen LogP contribution in [0, 0.1) is 11.3 Å². The summed E-state index contributed by atoms with van der Waals surface area (Å²) < 4.78 is 78.2. The molecular formula is C19H16F6N4S. The van der Waals surface area contributed by atoms with Gasteiger partial charge in [-0.3, -0.25) is 4.98 Å². The molecule has 2 aromatic rings. The standard InChI is InChI=1S/C19H16F6N4S/c20-18(21,22)13-10-14(19(23,24)25)12-16(11-13)28-17(30)29(8-3-6-26)9-5-15-4-1-2-7-27-15/h1-2,4,7,10-12H,3,5,8-9H2,(H,28,30). The van der Waals surface area contributed by atoms with Crippen LogP contribution in [0.3, 0.4) is 0 Å². The Kier molecular flexibility index (Phi) is 7.61. The second-order valence-electron chi connectivity index (χ2n) is 6.19. The Bertz CT molecular complexity index is 874. The number of hydrogen-bond donors (Lipinski definition) is 1. The number of thiocarbonyl (C=S) groups is 1. The van der Waals surface area contributed by atoms with Crippen molar-refractivity contribution in [3.63, 3.8) is 0 Å². The van der Waals surface area contributed by atoms with E-state index in [9.17, 15) is 26.3 Å². The van der Waals surface area contributed by atoms with Gasteiger partial charge in [-0.2, -0.15) is 31.6 Å². The lowest BCUT2D eigenvalue weighted by molar-refractivity contribution is -0.143. The molecule has 0 aliphatic carbocycles. The van der Waals surface area contributed by atoms with Crippen LogP contribution in [0.15, 0.2) is 42.6 Å². The number of hydrogen-bond acceptors (Lipinski definition) is 3.